The molecule has 0 aromatic carbocycles. The zero-order chi connectivity index (χ0) is 41.4. The maximum absolute atomic E-state index is 12.8. The summed E-state index contributed by atoms with van der Waals surface area (Å²) in [6.07, 6.45) is 23.4. The van der Waals surface area contributed by atoms with Gasteiger partial charge in [-0.15, -0.1) is 0 Å². The molecule has 13 nitrogen and oxygen atoms in total. The van der Waals surface area contributed by atoms with E-state index in [0.717, 1.165) is 38.5 Å². The molecular formula is C42H73O13P. The number of phosphoric ester groups is 1. The number of carbonyl (C=O) groups excluding carboxylic acids is 2. The number of unbranched alkanes of at least 4 members (excludes halogenated alkanes) is 13. The Morgan fingerprint density at radius 2 is 1.02 bits per heavy atom. The van der Waals surface area contributed by atoms with Crippen molar-refractivity contribution in [2.24, 2.45) is 0 Å². The van der Waals surface area contributed by atoms with Gasteiger partial charge >= 0.3 is 19.8 Å². The van der Waals surface area contributed by atoms with Gasteiger partial charge in [0.2, 0.25) is 0 Å². The second-order valence-corrected chi connectivity index (χ2v) is 15.9. The van der Waals surface area contributed by atoms with E-state index in [0.29, 0.717) is 19.3 Å². The minimum atomic E-state index is -5.13. The Labute approximate surface area is 335 Å². The molecule has 0 aliphatic heterocycles. The van der Waals surface area contributed by atoms with Crippen LogP contribution in [0.3, 0.4) is 0 Å². The molecule has 0 heterocycles. The number of phosphoric acid groups is 1. The van der Waals surface area contributed by atoms with E-state index in [1.165, 1.54) is 64.2 Å². The van der Waals surface area contributed by atoms with E-state index in [1.54, 1.807) is 0 Å². The van der Waals surface area contributed by atoms with Crippen molar-refractivity contribution in [3.05, 3.63) is 48.6 Å². The van der Waals surface area contributed by atoms with Crippen molar-refractivity contribution < 1.29 is 63.1 Å². The molecule has 0 amide bonds. The zero-order valence-corrected chi connectivity index (χ0v) is 34.8. The molecule has 324 valence electrons. The van der Waals surface area contributed by atoms with Crippen LogP contribution >= 0.6 is 7.82 Å². The number of hydrogen-bond acceptors (Lipinski definition) is 12. The maximum atomic E-state index is 12.8. The van der Waals surface area contributed by atoms with Gasteiger partial charge in [0.15, 0.2) is 6.10 Å². The molecule has 6 N–H and O–H groups in total. The van der Waals surface area contributed by atoms with Crippen LogP contribution in [0.15, 0.2) is 48.6 Å². The third-order valence-corrected chi connectivity index (χ3v) is 10.4. The first kappa shape index (κ1) is 51.8. The summed E-state index contributed by atoms with van der Waals surface area (Å²) < 4.78 is 33.3. The van der Waals surface area contributed by atoms with Crippen LogP contribution in [-0.4, -0.2) is 98.3 Å². The molecular weight excluding hydrogens is 743 g/mol. The van der Waals surface area contributed by atoms with E-state index >= 15 is 0 Å². The van der Waals surface area contributed by atoms with Crippen molar-refractivity contribution in [3.63, 3.8) is 0 Å². The van der Waals surface area contributed by atoms with Gasteiger partial charge in [0.1, 0.15) is 43.2 Å². The fourth-order valence-corrected chi connectivity index (χ4v) is 7.04. The van der Waals surface area contributed by atoms with Crippen molar-refractivity contribution >= 4 is 19.8 Å². The SMILES string of the molecule is CC/C=C\C/C=C\C/C=C\C/C=C\CCC(=O)OC(COC(=O)CCCCCCCCCCCCCCCC)COP(=O)(O)OC1C(O)C(O)C(O)C(O)C1O. The lowest BCUT2D eigenvalue weighted by molar-refractivity contribution is -0.220. The molecule has 14 heteroatoms. The average Bonchev–Trinajstić information content (AvgIpc) is 3.18. The number of aliphatic hydroxyl groups is 5. The molecule has 1 aliphatic rings. The van der Waals surface area contributed by atoms with Gasteiger partial charge in [0.25, 0.3) is 0 Å². The number of allylic oxidation sites excluding steroid dienone is 8. The van der Waals surface area contributed by atoms with Gasteiger partial charge in [0, 0.05) is 12.8 Å². The van der Waals surface area contributed by atoms with Crippen LogP contribution in [0.5, 0.6) is 0 Å². The van der Waals surface area contributed by atoms with Crippen LogP contribution in [0.1, 0.15) is 149 Å². The van der Waals surface area contributed by atoms with E-state index in [1.807, 2.05) is 18.2 Å². The molecule has 0 saturated heterocycles. The van der Waals surface area contributed by atoms with E-state index in [2.05, 4.69) is 44.2 Å². The van der Waals surface area contributed by atoms with E-state index in [9.17, 15) is 44.6 Å². The number of esters is 2. The fourth-order valence-electron chi connectivity index (χ4n) is 6.06. The Kier molecular flexibility index (Phi) is 30.3. The van der Waals surface area contributed by atoms with Crippen molar-refractivity contribution in [1.29, 1.82) is 0 Å². The van der Waals surface area contributed by atoms with Crippen LogP contribution in [0.4, 0.5) is 0 Å². The van der Waals surface area contributed by atoms with Gasteiger partial charge in [-0.2, -0.15) is 0 Å². The largest absolute Gasteiger partial charge is 0.472 e. The van der Waals surface area contributed by atoms with Gasteiger partial charge in [0.05, 0.1) is 6.61 Å². The molecule has 0 bridgehead atoms. The lowest BCUT2D eigenvalue weighted by Gasteiger charge is -2.41. The normalized spacial score (nSPS) is 23.4. The fraction of sp³-hybridized carbons (Fsp3) is 0.762. The van der Waals surface area contributed by atoms with Gasteiger partial charge in [-0.3, -0.25) is 18.6 Å². The second-order valence-electron chi connectivity index (χ2n) is 14.5. The predicted octanol–water partition coefficient (Wildman–Crippen LogP) is 7.22. The van der Waals surface area contributed by atoms with Crippen molar-refractivity contribution in [1.82, 2.24) is 0 Å². The van der Waals surface area contributed by atoms with Crippen molar-refractivity contribution in [2.45, 2.75) is 191 Å². The Balaban J connectivity index is 2.55. The van der Waals surface area contributed by atoms with Crippen molar-refractivity contribution in [2.75, 3.05) is 13.2 Å². The summed E-state index contributed by atoms with van der Waals surface area (Å²) in [5.41, 5.74) is 0. The summed E-state index contributed by atoms with van der Waals surface area (Å²) >= 11 is 0. The molecule has 0 aromatic heterocycles. The highest BCUT2D eigenvalue weighted by Gasteiger charge is 2.51. The molecule has 56 heavy (non-hydrogen) atoms. The summed E-state index contributed by atoms with van der Waals surface area (Å²) in [5, 5.41) is 50.0. The lowest BCUT2D eigenvalue weighted by Crippen LogP contribution is -2.64. The zero-order valence-electron chi connectivity index (χ0n) is 33.9. The summed E-state index contributed by atoms with van der Waals surface area (Å²) in [5.74, 6) is -1.20. The molecule has 0 aromatic rings. The molecule has 1 aliphatic carbocycles. The first-order valence-electron chi connectivity index (χ1n) is 20.9. The highest BCUT2D eigenvalue weighted by Crippen LogP contribution is 2.47. The second kappa shape index (κ2) is 32.7. The number of aliphatic hydroxyl groups excluding tert-OH is 5. The third kappa shape index (κ3) is 25.2. The Bertz CT molecular complexity index is 1170. The topological polar surface area (TPSA) is 210 Å². The quantitative estimate of drug-likeness (QED) is 0.0168. The Hall–Kier alpha value is -2.19. The number of hydrogen-bond donors (Lipinski definition) is 6. The number of rotatable bonds is 33. The van der Waals surface area contributed by atoms with Gasteiger partial charge in [-0.1, -0.05) is 146 Å². The average molecular weight is 817 g/mol. The van der Waals surface area contributed by atoms with E-state index in [4.69, 9.17) is 18.5 Å². The molecule has 0 spiro atoms. The standard InChI is InChI=1S/C42H73O13P/c1-3-5-7-9-11-13-15-17-19-20-22-24-26-28-30-35(43)52-32-34(33-53-56(50,51)55-42-40(48)38(46)37(45)39(47)41(42)49)54-36(44)31-29-27-25-23-21-18-16-14-12-10-8-6-4-2/h6,8,12,14,18,21,25,27,34,37-42,45-49H,3-5,7,9-11,13,15-17,19-20,22-24,26,28-33H2,1-2H3,(H,50,51)/b8-6-,14-12-,21-18-,27-25-. The van der Waals surface area contributed by atoms with E-state index < -0.39 is 75.7 Å². The third-order valence-electron chi connectivity index (χ3n) is 9.45. The molecule has 1 rings (SSSR count). The number of ether oxygens (including phenoxy) is 2. The first-order chi connectivity index (χ1) is 26.9. The summed E-state index contributed by atoms with van der Waals surface area (Å²) in [6.45, 7) is 3.10. The van der Waals surface area contributed by atoms with E-state index in [-0.39, 0.29) is 12.8 Å². The molecule has 1 fully saturated rings. The molecule has 1 saturated carbocycles. The summed E-state index contributed by atoms with van der Waals surface area (Å²) in [6, 6.07) is 0. The Morgan fingerprint density at radius 3 is 1.52 bits per heavy atom. The summed E-state index contributed by atoms with van der Waals surface area (Å²) in [4.78, 5) is 35.5. The van der Waals surface area contributed by atoms with Gasteiger partial charge in [-0.25, -0.2) is 4.57 Å². The minimum absolute atomic E-state index is 0.0242. The highest BCUT2D eigenvalue weighted by atomic mass is 31.2. The first-order valence-corrected chi connectivity index (χ1v) is 22.4. The van der Waals surface area contributed by atoms with Crippen LogP contribution in [0.25, 0.3) is 0 Å². The maximum Gasteiger partial charge on any atom is 0.472 e. The van der Waals surface area contributed by atoms with Crippen LogP contribution in [0, 0.1) is 0 Å². The lowest BCUT2D eigenvalue weighted by atomic mass is 9.85. The molecule has 0 radical (unpaired) electrons. The monoisotopic (exact) mass is 816 g/mol. The number of carbonyl (C=O) groups is 2. The van der Waals surface area contributed by atoms with Crippen molar-refractivity contribution in [3.8, 4) is 0 Å². The highest BCUT2D eigenvalue weighted by molar-refractivity contribution is 7.47. The van der Waals surface area contributed by atoms with Gasteiger partial charge < -0.3 is 39.9 Å². The van der Waals surface area contributed by atoms with Gasteiger partial charge in [-0.05, 0) is 38.5 Å². The Morgan fingerprint density at radius 1 is 0.571 bits per heavy atom. The van der Waals surface area contributed by atoms with Crippen LogP contribution in [0.2, 0.25) is 0 Å². The smallest absolute Gasteiger partial charge is 0.462 e. The van der Waals surface area contributed by atoms with Crippen LogP contribution < -0.4 is 0 Å². The molecule has 6 unspecified atom stereocenters. The summed E-state index contributed by atoms with van der Waals surface area (Å²) in [7, 11) is -5.13. The van der Waals surface area contributed by atoms with Crippen LogP contribution in [-0.2, 0) is 32.7 Å². The molecule has 6 atom stereocenters. The predicted molar refractivity (Wildman–Crippen MR) is 216 cm³/mol. The minimum Gasteiger partial charge on any atom is -0.462 e.